The van der Waals surface area contributed by atoms with Crippen LogP contribution in [0.1, 0.15) is 30.3 Å². The number of H-pyrrole nitrogens is 1. The van der Waals surface area contributed by atoms with Gasteiger partial charge in [-0.3, -0.25) is 5.10 Å². The summed E-state index contributed by atoms with van der Waals surface area (Å²) < 4.78 is 12.6. The number of hydrogen-bond donors (Lipinski definition) is 2. The first-order valence-corrected chi connectivity index (χ1v) is 7.30. The van der Waals surface area contributed by atoms with E-state index in [-0.39, 0.29) is 11.9 Å². The molecule has 1 aliphatic rings. The van der Waals surface area contributed by atoms with Crippen LogP contribution in [0.4, 0.5) is 0 Å². The molecule has 1 aromatic carbocycles. The molecule has 1 fully saturated rings. The SMILES string of the molecule is COc1ccc(/C=N\n2c(C3CCCO3)n[nH]c2=S)cc1O. The normalized spacial score (nSPS) is 18.1. The van der Waals surface area contributed by atoms with Crippen LogP contribution < -0.4 is 4.74 Å². The van der Waals surface area contributed by atoms with Crippen LogP contribution in [0.2, 0.25) is 0 Å². The highest BCUT2D eigenvalue weighted by Crippen LogP contribution is 2.27. The molecule has 0 saturated carbocycles. The summed E-state index contributed by atoms with van der Waals surface area (Å²) in [7, 11) is 1.50. The molecule has 2 aromatic rings. The molecule has 3 rings (SSSR count). The zero-order chi connectivity index (χ0) is 15.5. The topological polar surface area (TPSA) is 84.7 Å². The fraction of sp³-hybridized carbons (Fsp3) is 0.357. The number of aromatic nitrogens is 3. The van der Waals surface area contributed by atoms with Crippen LogP contribution in [0, 0.1) is 4.77 Å². The maximum Gasteiger partial charge on any atom is 0.216 e. The van der Waals surface area contributed by atoms with Crippen molar-refractivity contribution in [2.75, 3.05) is 13.7 Å². The van der Waals surface area contributed by atoms with E-state index in [2.05, 4.69) is 15.3 Å². The second-order valence-electron chi connectivity index (χ2n) is 4.88. The number of phenols is 1. The van der Waals surface area contributed by atoms with Gasteiger partial charge in [0.2, 0.25) is 4.77 Å². The van der Waals surface area contributed by atoms with E-state index in [0.717, 1.165) is 25.0 Å². The summed E-state index contributed by atoms with van der Waals surface area (Å²) in [6.07, 6.45) is 3.41. The van der Waals surface area contributed by atoms with Crippen molar-refractivity contribution in [3.63, 3.8) is 0 Å². The first kappa shape index (κ1) is 14.7. The number of methoxy groups -OCH3 is 1. The van der Waals surface area contributed by atoms with E-state index in [1.165, 1.54) is 7.11 Å². The van der Waals surface area contributed by atoms with E-state index < -0.39 is 0 Å². The zero-order valence-electron chi connectivity index (χ0n) is 12.0. The summed E-state index contributed by atoms with van der Waals surface area (Å²) in [5, 5.41) is 21.0. The molecule has 2 N–H and O–H groups in total. The van der Waals surface area contributed by atoms with Gasteiger partial charge in [0.05, 0.1) is 13.3 Å². The fourth-order valence-corrected chi connectivity index (χ4v) is 2.50. The number of hydrogen-bond acceptors (Lipinski definition) is 6. The zero-order valence-corrected chi connectivity index (χ0v) is 12.8. The van der Waals surface area contributed by atoms with Crippen molar-refractivity contribution in [2.45, 2.75) is 18.9 Å². The molecule has 7 nitrogen and oxygen atoms in total. The summed E-state index contributed by atoms with van der Waals surface area (Å²) in [6, 6.07) is 5.03. The maximum atomic E-state index is 9.78. The lowest BCUT2D eigenvalue weighted by molar-refractivity contribution is 0.102. The maximum absolute atomic E-state index is 9.78. The van der Waals surface area contributed by atoms with Crippen LogP contribution in [0.3, 0.4) is 0 Å². The lowest BCUT2D eigenvalue weighted by Gasteiger charge is -2.07. The molecule has 8 heteroatoms. The third-order valence-electron chi connectivity index (χ3n) is 3.42. The Kier molecular flexibility index (Phi) is 4.21. The highest BCUT2D eigenvalue weighted by atomic mass is 32.1. The van der Waals surface area contributed by atoms with Crippen LogP contribution in [0.25, 0.3) is 0 Å². The number of aromatic amines is 1. The summed E-state index contributed by atoms with van der Waals surface area (Å²) in [5.74, 6) is 1.13. The second kappa shape index (κ2) is 6.29. The Morgan fingerprint density at radius 1 is 1.59 bits per heavy atom. The minimum atomic E-state index is -0.0885. The molecule has 1 saturated heterocycles. The van der Waals surface area contributed by atoms with Gasteiger partial charge >= 0.3 is 0 Å². The minimum absolute atomic E-state index is 0.0570. The number of rotatable bonds is 4. The van der Waals surface area contributed by atoms with Gasteiger partial charge < -0.3 is 14.6 Å². The number of ether oxygens (including phenoxy) is 2. The molecule has 1 unspecified atom stereocenters. The lowest BCUT2D eigenvalue weighted by atomic mass is 10.2. The molecule has 0 aliphatic carbocycles. The van der Waals surface area contributed by atoms with Crippen molar-refractivity contribution in [3.05, 3.63) is 34.4 Å². The van der Waals surface area contributed by atoms with Crippen molar-refractivity contribution < 1.29 is 14.6 Å². The van der Waals surface area contributed by atoms with Crippen molar-refractivity contribution in [1.29, 1.82) is 0 Å². The van der Waals surface area contributed by atoms with E-state index in [0.29, 0.717) is 16.3 Å². The van der Waals surface area contributed by atoms with Gasteiger partial charge in [-0.1, -0.05) is 0 Å². The molecule has 116 valence electrons. The summed E-state index contributed by atoms with van der Waals surface area (Å²) in [4.78, 5) is 0. The number of nitrogens with zero attached hydrogens (tertiary/aromatic N) is 3. The Morgan fingerprint density at radius 2 is 2.45 bits per heavy atom. The Labute approximate surface area is 132 Å². The highest BCUT2D eigenvalue weighted by molar-refractivity contribution is 7.71. The smallest absolute Gasteiger partial charge is 0.216 e. The van der Waals surface area contributed by atoms with Gasteiger partial charge in [0.1, 0.15) is 6.10 Å². The average Bonchev–Trinajstić information content (AvgIpc) is 3.15. The Hall–Kier alpha value is -2.19. The number of aromatic hydroxyl groups is 1. The van der Waals surface area contributed by atoms with Gasteiger partial charge in [-0.15, -0.1) is 0 Å². The highest BCUT2D eigenvalue weighted by Gasteiger charge is 2.23. The van der Waals surface area contributed by atoms with E-state index >= 15 is 0 Å². The summed E-state index contributed by atoms with van der Waals surface area (Å²) >= 11 is 5.20. The van der Waals surface area contributed by atoms with Crippen LogP contribution >= 0.6 is 12.2 Å². The molecule has 22 heavy (non-hydrogen) atoms. The van der Waals surface area contributed by atoms with E-state index in [9.17, 15) is 5.11 Å². The first-order valence-electron chi connectivity index (χ1n) is 6.89. The van der Waals surface area contributed by atoms with Crippen LogP contribution in [-0.4, -0.2) is 39.9 Å². The molecule has 0 bridgehead atoms. The van der Waals surface area contributed by atoms with Crippen LogP contribution in [0.5, 0.6) is 11.5 Å². The Bertz CT molecular complexity index is 747. The summed E-state index contributed by atoms with van der Waals surface area (Å²) in [5.41, 5.74) is 0.722. The molecule has 0 radical (unpaired) electrons. The van der Waals surface area contributed by atoms with Gasteiger partial charge in [-0.25, -0.2) is 0 Å². The van der Waals surface area contributed by atoms with Gasteiger partial charge in [0.15, 0.2) is 17.3 Å². The molecular formula is C14H16N4O3S. The monoisotopic (exact) mass is 320 g/mol. The van der Waals surface area contributed by atoms with E-state index in [1.807, 2.05) is 0 Å². The quantitative estimate of drug-likeness (QED) is 0.667. The molecule has 1 aliphatic heterocycles. The third-order valence-corrected chi connectivity index (χ3v) is 3.68. The lowest BCUT2D eigenvalue weighted by Crippen LogP contribution is -2.05. The standard InChI is InChI=1S/C14H16N4O3S/c1-20-11-5-4-9(7-10(11)19)8-15-18-13(16-17-14(18)22)12-3-2-6-21-12/h4-5,7-8,12,19H,2-3,6H2,1H3,(H,17,22)/b15-8-. The third kappa shape index (κ3) is 2.88. The van der Waals surface area contributed by atoms with E-state index in [1.54, 1.807) is 29.1 Å². The Morgan fingerprint density at radius 3 is 3.14 bits per heavy atom. The van der Waals surface area contributed by atoms with Crippen LogP contribution in [0.15, 0.2) is 23.3 Å². The number of benzene rings is 1. The van der Waals surface area contributed by atoms with E-state index in [4.69, 9.17) is 21.7 Å². The Balaban J connectivity index is 1.88. The van der Waals surface area contributed by atoms with Crippen molar-refractivity contribution in [3.8, 4) is 11.5 Å². The molecule has 0 amide bonds. The first-order chi connectivity index (χ1) is 10.7. The van der Waals surface area contributed by atoms with Gasteiger partial charge in [0.25, 0.3) is 0 Å². The molecule has 2 heterocycles. The predicted octanol–water partition coefficient (Wildman–Crippen LogP) is 2.39. The molecule has 1 aromatic heterocycles. The van der Waals surface area contributed by atoms with Gasteiger partial charge in [-0.2, -0.15) is 14.9 Å². The second-order valence-corrected chi connectivity index (χ2v) is 5.26. The molecular weight excluding hydrogens is 304 g/mol. The predicted molar refractivity (Wildman–Crippen MR) is 83.0 cm³/mol. The fourth-order valence-electron chi connectivity index (χ4n) is 2.32. The number of phenolic OH excluding ortho intramolecular Hbond substituents is 1. The number of nitrogens with one attached hydrogen (secondary N) is 1. The van der Waals surface area contributed by atoms with Crippen LogP contribution in [-0.2, 0) is 4.74 Å². The van der Waals surface area contributed by atoms with Crippen molar-refractivity contribution in [1.82, 2.24) is 14.9 Å². The average molecular weight is 320 g/mol. The van der Waals surface area contributed by atoms with Crippen molar-refractivity contribution >= 4 is 18.4 Å². The minimum Gasteiger partial charge on any atom is -0.504 e. The molecule has 0 spiro atoms. The molecule has 1 atom stereocenters. The largest absolute Gasteiger partial charge is 0.504 e. The van der Waals surface area contributed by atoms with Gasteiger partial charge in [0, 0.05) is 6.61 Å². The van der Waals surface area contributed by atoms with Gasteiger partial charge in [-0.05, 0) is 48.8 Å². The van der Waals surface area contributed by atoms with Crippen molar-refractivity contribution in [2.24, 2.45) is 5.10 Å². The summed E-state index contributed by atoms with van der Waals surface area (Å²) in [6.45, 7) is 0.723.